The van der Waals surface area contributed by atoms with Crippen LogP contribution in [0.2, 0.25) is 0 Å². The van der Waals surface area contributed by atoms with Gasteiger partial charge in [-0.15, -0.1) is 0 Å². The van der Waals surface area contributed by atoms with Gasteiger partial charge in [0, 0.05) is 18.2 Å². The molecule has 108 valence electrons. The molecule has 0 unspecified atom stereocenters. The second kappa shape index (κ2) is 5.83. The van der Waals surface area contributed by atoms with Crippen molar-refractivity contribution in [1.82, 2.24) is 9.97 Å². The Morgan fingerprint density at radius 3 is 2.90 bits per heavy atom. The van der Waals surface area contributed by atoms with Crippen LogP contribution in [-0.4, -0.2) is 17.1 Å². The number of rotatable bonds is 5. The lowest BCUT2D eigenvalue weighted by Gasteiger charge is -2.06. The normalized spacial score (nSPS) is 10.8. The van der Waals surface area contributed by atoms with Crippen LogP contribution in [-0.2, 0) is 13.0 Å². The fourth-order valence-electron chi connectivity index (χ4n) is 2.10. The van der Waals surface area contributed by atoms with Gasteiger partial charge < -0.3 is 14.5 Å². The second-order valence-corrected chi connectivity index (χ2v) is 4.67. The number of aromatic nitrogens is 2. The number of hydrogen-bond acceptors (Lipinski definition) is 5. The summed E-state index contributed by atoms with van der Waals surface area (Å²) in [6.07, 6.45) is 0.797. The highest BCUT2D eigenvalue weighted by Gasteiger charge is 2.05. The van der Waals surface area contributed by atoms with E-state index in [1.807, 2.05) is 43.3 Å². The van der Waals surface area contributed by atoms with Gasteiger partial charge >= 0.3 is 0 Å². The zero-order valence-electron chi connectivity index (χ0n) is 12.1. The van der Waals surface area contributed by atoms with Crippen LogP contribution in [0.3, 0.4) is 0 Å². The number of ether oxygens (including phenoxy) is 1. The minimum atomic E-state index is 0.619. The van der Waals surface area contributed by atoms with Gasteiger partial charge in [-0.1, -0.05) is 13.0 Å². The maximum atomic E-state index is 5.60. The van der Waals surface area contributed by atoms with E-state index in [0.717, 1.165) is 34.8 Å². The van der Waals surface area contributed by atoms with Crippen LogP contribution in [0.25, 0.3) is 11.1 Å². The molecule has 0 aliphatic rings. The molecule has 5 nitrogen and oxygen atoms in total. The molecule has 1 N–H and O–H groups in total. The third-order valence-corrected chi connectivity index (χ3v) is 3.20. The van der Waals surface area contributed by atoms with Crippen molar-refractivity contribution in [3.63, 3.8) is 0 Å². The average Bonchev–Trinajstić information content (AvgIpc) is 2.95. The molecule has 0 aliphatic heterocycles. The van der Waals surface area contributed by atoms with Crippen LogP contribution >= 0.6 is 0 Å². The molecule has 0 radical (unpaired) electrons. The predicted molar refractivity (Wildman–Crippen MR) is 81.5 cm³/mol. The summed E-state index contributed by atoms with van der Waals surface area (Å²) in [7, 11) is 1.61. The molecule has 2 aromatic heterocycles. The smallest absolute Gasteiger partial charge is 0.213 e. The number of fused-ring (bicyclic) bond motifs is 1. The van der Waals surface area contributed by atoms with Crippen molar-refractivity contribution in [2.24, 2.45) is 0 Å². The SMILES string of the molecule is CCc1nc2cc(NCc3cccc(OC)n3)ccc2o1. The largest absolute Gasteiger partial charge is 0.481 e. The number of anilines is 1. The van der Waals surface area contributed by atoms with Crippen LogP contribution in [0.4, 0.5) is 5.69 Å². The van der Waals surface area contributed by atoms with Crippen LogP contribution in [0, 0.1) is 0 Å². The Labute approximate surface area is 123 Å². The zero-order chi connectivity index (χ0) is 14.7. The molecule has 0 aliphatic carbocycles. The lowest BCUT2D eigenvalue weighted by molar-refractivity contribution is 0.396. The number of benzene rings is 1. The van der Waals surface area contributed by atoms with Crippen LogP contribution in [0.15, 0.2) is 40.8 Å². The summed E-state index contributed by atoms with van der Waals surface area (Å²) in [5.41, 5.74) is 3.60. The van der Waals surface area contributed by atoms with E-state index in [1.54, 1.807) is 7.11 Å². The third kappa shape index (κ3) is 2.97. The Kier molecular flexibility index (Phi) is 3.73. The number of oxazole rings is 1. The van der Waals surface area contributed by atoms with Gasteiger partial charge in [0.1, 0.15) is 5.52 Å². The molecular formula is C16H17N3O2. The van der Waals surface area contributed by atoms with E-state index in [9.17, 15) is 0 Å². The van der Waals surface area contributed by atoms with E-state index in [2.05, 4.69) is 15.3 Å². The lowest BCUT2D eigenvalue weighted by atomic mass is 10.2. The fraction of sp³-hybridized carbons (Fsp3) is 0.250. The van der Waals surface area contributed by atoms with E-state index in [-0.39, 0.29) is 0 Å². The van der Waals surface area contributed by atoms with E-state index < -0.39 is 0 Å². The Morgan fingerprint density at radius 2 is 2.10 bits per heavy atom. The topological polar surface area (TPSA) is 60.2 Å². The number of nitrogens with one attached hydrogen (secondary N) is 1. The number of methoxy groups -OCH3 is 1. The monoisotopic (exact) mass is 283 g/mol. The summed E-state index contributed by atoms with van der Waals surface area (Å²) in [6, 6.07) is 11.6. The van der Waals surface area contributed by atoms with Crippen molar-refractivity contribution in [2.45, 2.75) is 19.9 Å². The van der Waals surface area contributed by atoms with Crippen molar-refractivity contribution in [1.29, 1.82) is 0 Å². The number of pyridine rings is 1. The maximum Gasteiger partial charge on any atom is 0.213 e. The molecule has 0 fully saturated rings. The Balaban J connectivity index is 1.75. The Morgan fingerprint density at radius 1 is 1.19 bits per heavy atom. The molecule has 2 heterocycles. The van der Waals surface area contributed by atoms with Gasteiger partial charge in [-0.05, 0) is 24.3 Å². The summed E-state index contributed by atoms with van der Waals surface area (Å²) in [4.78, 5) is 8.80. The Bertz CT molecular complexity index is 752. The summed E-state index contributed by atoms with van der Waals surface area (Å²) >= 11 is 0. The molecule has 5 heteroatoms. The molecule has 1 aromatic carbocycles. The quantitative estimate of drug-likeness (QED) is 0.777. The predicted octanol–water partition coefficient (Wildman–Crippen LogP) is 3.41. The molecule has 21 heavy (non-hydrogen) atoms. The maximum absolute atomic E-state index is 5.60. The molecule has 0 saturated carbocycles. The average molecular weight is 283 g/mol. The first-order valence-corrected chi connectivity index (χ1v) is 6.91. The molecule has 3 rings (SSSR count). The fourth-order valence-corrected chi connectivity index (χ4v) is 2.10. The van der Waals surface area contributed by atoms with Gasteiger partial charge in [-0.25, -0.2) is 9.97 Å². The van der Waals surface area contributed by atoms with Crippen molar-refractivity contribution in [3.8, 4) is 5.88 Å². The first-order chi connectivity index (χ1) is 10.3. The summed E-state index contributed by atoms with van der Waals surface area (Å²) < 4.78 is 10.7. The highest BCUT2D eigenvalue weighted by Crippen LogP contribution is 2.20. The van der Waals surface area contributed by atoms with Gasteiger partial charge in [0.05, 0.1) is 19.3 Å². The third-order valence-electron chi connectivity index (χ3n) is 3.20. The van der Waals surface area contributed by atoms with Crippen LogP contribution in [0.1, 0.15) is 18.5 Å². The van der Waals surface area contributed by atoms with E-state index in [4.69, 9.17) is 9.15 Å². The molecule has 0 saturated heterocycles. The number of aryl methyl sites for hydroxylation is 1. The van der Waals surface area contributed by atoms with Gasteiger partial charge in [-0.3, -0.25) is 0 Å². The highest BCUT2D eigenvalue weighted by atomic mass is 16.5. The standard InChI is InChI=1S/C16H17N3O2/c1-3-15-19-13-9-11(7-8-14(13)21-15)17-10-12-5-4-6-16(18-12)20-2/h4-9,17H,3,10H2,1-2H3. The van der Waals surface area contributed by atoms with Crippen molar-refractivity contribution >= 4 is 16.8 Å². The summed E-state index contributed by atoms with van der Waals surface area (Å²) in [5, 5.41) is 3.33. The van der Waals surface area contributed by atoms with Gasteiger partial charge in [-0.2, -0.15) is 0 Å². The van der Waals surface area contributed by atoms with Gasteiger partial charge in [0.25, 0.3) is 0 Å². The van der Waals surface area contributed by atoms with E-state index in [1.165, 1.54) is 0 Å². The minimum absolute atomic E-state index is 0.619. The lowest BCUT2D eigenvalue weighted by Crippen LogP contribution is -2.02. The van der Waals surface area contributed by atoms with Crippen LogP contribution < -0.4 is 10.1 Å². The molecule has 0 bridgehead atoms. The highest BCUT2D eigenvalue weighted by molar-refractivity contribution is 5.77. The molecule has 0 amide bonds. The molecular weight excluding hydrogens is 266 g/mol. The van der Waals surface area contributed by atoms with Gasteiger partial charge in [0.2, 0.25) is 5.88 Å². The second-order valence-electron chi connectivity index (χ2n) is 4.67. The van der Waals surface area contributed by atoms with Gasteiger partial charge in [0.15, 0.2) is 11.5 Å². The number of hydrogen-bond donors (Lipinski definition) is 1. The summed E-state index contributed by atoms with van der Waals surface area (Å²) in [5.74, 6) is 1.38. The number of nitrogens with zero attached hydrogens (tertiary/aromatic N) is 2. The van der Waals surface area contributed by atoms with E-state index >= 15 is 0 Å². The van der Waals surface area contributed by atoms with E-state index in [0.29, 0.717) is 12.4 Å². The van der Waals surface area contributed by atoms with Crippen LogP contribution in [0.5, 0.6) is 5.88 Å². The van der Waals surface area contributed by atoms with Crippen molar-refractivity contribution < 1.29 is 9.15 Å². The zero-order valence-corrected chi connectivity index (χ0v) is 12.1. The first-order valence-electron chi connectivity index (χ1n) is 6.91. The first kappa shape index (κ1) is 13.4. The van der Waals surface area contributed by atoms with Crippen molar-refractivity contribution in [3.05, 3.63) is 48.0 Å². The summed E-state index contributed by atoms with van der Waals surface area (Å²) in [6.45, 7) is 2.65. The Hall–Kier alpha value is -2.56. The minimum Gasteiger partial charge on any atom is -0.481 e. The molecule has 3 aromatic rings. The molecule has 0 atom stereocenters. The molecule has 0 spiro atoms. The van der Waals surface area contributed by atoms with Crippen molar-refractivity contribution in [2.75, 3.05) is 12.4 Å².